The van der Waals surface area contributed by atoms with E-state index in [1.165, 1.54) is 30.0 Å². The zero-order valence-corrected chi connectivity index (χ0v) is 18.5. The predicted molar refractivity (Wildman–Crippen MR) is 113 cm³/mol. The highest BCUT2D eigenvalue weighted by Gasteiger charge is 2.33. The molecule has 0 unspecified atom stereocenters. The van der Waals surface area contributed by atoms with Gasteiger partial charge in [-0.15, -0.1) is 0 Å². The molecule has 0 heterocycles. The molecule has 0 aliphatic heterocycles. The predicted octanol–water partition coefficient (Wildman–Crippen LogP) is 2.20. The lowest BCUT2D eigenvalue weighted by Gasteiger charge is -2.27. The van der Waals surface area contributed by atoms with Crippen LogP contribution in [0, 0.1) is 5.41 Å². The Morgan fingerprint density at radius 2 is 1.78 bits per heavy atom. The first-order valence-electron chi connectivity index (χ1n) is 10.5. The first kappa shape index (κ1) is 24.2. The molecule has 2 N–H and O–H groups in total. The van der Waals surface area contributed by atoms with E-state index in [0.29, 0.717) is 25.6 Å². The van der Waals surface area contributed by atoms with E-state index in [1.54, 1.807) is 0 Å². The van der Waals surface area contributed by atoms with E-state index in [0.717, 1.165) is 32.7 Å². The third kappa shape index (κ3) is 8.35. The maximum Gasteiger partial charge on any atom is 0.215 e. The SMILES string of the molecule is CCNC(=NCC1(CCOCC)CCCC1)NCCS(=O)(=O)N(CC)CC. The van der Waals surface area contributed by atoms with E-state index in [-0.39, 0.29) is 11.2 Å². The van der Waals surface area contributed by atoms with Gasteiger partial charge in [0.05, 0.1) is 5.75 Å². The zero-order valence-electron chi connectivity index (χ0n) is 17.7. The van der Waals surface area contributed by atoms with Gasteiger partial charge in [0.25, 0.3) is 0 Å². The van der Waals surface area contributed by atoms with Crippen LogP contribution in [0.15, 0.2) is 4.99 Å². The Hall–Kier alpha value is -0.860. The van der Waals surface area contributed by atoms with Crippen LogP contribution in [0.25, 0.3) is 0 Å². The fourth-order valence-electron chi connectivity index (χ4n) is 3.68. The second kappa shape index (κ2) is 12.6. The number of sulfonamides is 1. The number of hydrogen-bond acceptors (Lipinski definition) is 4. The van der Waals surface area contributed by atoms with Crippen LogP contribution in [-0.2, 0) is 14.8 Å². The maximum atomic E-state index is 12.3. The summed E-state index contributed by atoms with van der Waals surface area (Å²) in [5, 5.41) is 6.42. The van der Waals surface area contributed by atoms with Crippen LogP contribution in [0.3, 0.4) is 0 Å². The Kier molecular flexibility index (Phi) is 11.3. The second-order valence-corrected chi connectivity index (χ2v) is 9.26. The highest BCUT2D eigenvalue weighted by molar-refractivity contribution is 7.89. The van der Waals surface area contributed by atoms with Gasteiger partial charge in [-0.2, -0.15) is 0 Å². The molecular formula is C19H40N4O3S. The summed E-state index contributed by atoms with van der Waals surface area (Å²) in [5.74, 6) is 0.782. The number of guanidine groups is 1. The van der Waals surface area contributed by atoms with Gasteiger partial charge in [-0.3, -0.25) is 4.99 Å². The third-order valence-electron chi connectivity index (χ3n) is 5.31. The topological polar surface area (TPSA) is 83.0 Å². The van der Waals surface area contributed by atoms with Crippen molar-refractivity contribution in [3.8, 4) is 0 Å². The quantitative estimate of drug-likeness (QED) is 0.279. The number of ether oxygens (including phenoxy) is 1. The average Bonchev–Trinajstić information content (AvgIpc) is 3.10. The van der Waals surface area contributed by atoms with Gasteiger partial charge in [0, 0.05) is 45.9 Å². The molecule has 0 aromatic carbocycles. The van der Waals surface area contributed by atoms with Crippen molar-refractivity contribution in [2.24, 2.45) is 10.4 Å². The molecule has 27 heavy (non-hydrogen) atoms. The summed E-state index contributed by atoms with van der Waals surface area (Å²) in [6.07, 6.45) is 5.94. The van der Waals surface area contributed by atoms with Gasteiger partial charge in [0.15, 0.2) is 5.96 Å². The van der Waals surface area contributed by atoms with E-state index in [9.17, 15) is 8.42 Å². The summed E-state index contributed by atoms with van der Waals surface area (Å²) in [6, 6.07) is 0. The van der Waals surface area contributed by atoms with Gasteiger partial charge in [-0.05, 0) is 38.5 Å². The molecule has 0 saturated heterocycles. The Balaban J connectivity index is 2.62. The van der Waals surface area contributed by atoms with Crippen molar-refractivity contribution >= 4 is 16.0 Å². The smallest absolute Gasteiger partial charge is 0.215 e. The molecule has 1 rings (SSSR count). The van der Waals surface area contributed by atoms with Crippen LogP contribution in [0.4, 0.5) is 0 Å². The molecular weight excluding hydrogens is 364 g/mol. The molecule has 8 heteroatoms. The lowest BCUT2D eigenvalue weighted by Crippen LogP contribution is -2.42. The number of hydrogen-bond donors (Lipinski definition) is 2. The normalized spacial score (nSPS) is 17.4. The Morgan fingerprint density at radius 1 is 1.11 bits per heavy atom. The van der Waals surface area contributed by atoms with Crippen molar-refractivity contribution in [2.45, 2.75) is 59.8 Å². The fraction of sp³-hybridized carbons (Fsp3) is 0.947. The molecule has 0 spiro atoms. The maximum absolute atomic E-state index is 12.3. The number of nitrogens with one attached hydrogen (secondary N) is 2. The third-order valence-corrected chi connectivity index (χ3v) is 7.34. The molecule has 1 fully saturated rings. The van der Waals surface area contributed by atoms with Gasteiger partial charge >= 0.3 is 0 Å². The van der Waals surface area contributed by atoms with Crippen LogP contribution in [0.1, 0.15) is 59.8 Å². The molecule has 7 nitrogen and oxygen atoms in total. The first-order valence-corrected chi connectivity index (χ1v) is 12.1. The lowest BCUT2D eigenvalue weighted by atomic mass is 9.83. The van der Waals surface area contributed by atoms with Crippen molar-refractivity contribution in [2.75, 3.05) is 51.7 Å². The summed E-state index contributed by atoms with van der Waals surface area (Å²) in [7, 11) is -3.22. The van der Waals surface area contributed by atoms with Crippen molar-refractivity contribution < 1.29 is 13.2 Å². The summed E-state index contributed by atoms with van der Waals surface area (Å²) >= 11 is 0. The molecule has 0 amide bonds. The average molecular weight is 405 g/mol. The highest BCUT2D eigenvalue weighted by atomic mass is 32.2. The molecule has 0 atom stereocenters. The van der Waals surface area contributed by atoms with Crippen LogP contribution < -0.4 is 10.6 Å². The van der Waals surface area contributed by atoms with Crippen LogP contribution in [0.2, 0.25) is 0 Å². The largest absolute Gasteiger partial charge is 0.382 e. The summed E-state index contributed by atoms with van der Waals surface area (Å²) < 4.78 is 31.7. The molecule has 0 radical (unpaired) electrons. The molecule has 0 aromatic rings. The molecule has 0 aromatic heterocycles. The van der Waals surface area contributed by atoms with E-state index >= 15 is 0 Å². The van der Waals surface area contributed by atoms with Crippen LogP contribution in [-0.4, -0.2) is 70.4 Å². The summed E-state index contributed by atoms with van der Waals surface area (Å²) in [5.41, 5.74) is 0.227. The Bertz CT molecular complexity index is 527. The first-order chi connectivity index (χ1) is 12.9. The number of nitrogens with zero attached hydrogens (tertiary/aromatic N) is 2. The minimum Gasteiger partial charge on any atom is -0.382 e. The van der Waals surface area contributed by atoms with Crippen molar-refractivity contribution in [3.63, 3.8) is 0 Å². The van der Waals surface area contributed by atoms with Gasteiger partial charge in [-0.25, -0.2) is 12.7 Å². The van der Waals surface area contributed by atoms with Gasteiger partial charge in [0.1, 0.15) is 0 Å². The number of rotatable bonds is 13. The summed E-state index contributed by atoms with van der Waals surface area (Å²) in [6.45, 7) is 12.2. The van der Waals surface area contributed by atoms with E-state index < -0.39 is 10.0 Å². The zero-order chi connectivity index (χ0) is 20.2. The highest BCUT2D eigenvalue weighted by Crippen LogP contribution is 2.41. The van der Waals surface area contributed by atoms with Crippen molar-refractivity contribution in [3.05, 3.63) is 0 Å². The minimum absolute atomic E-state index is 0.0780. The molecule has 1 aliphatic carbocycles. The molecule has 1 aliphatic rings. The fourth-order valence-corrected chi connectivity index (χ4v) is 5.08. The van der Waals surface area contributed by atoms with Gasteiger partial charge in [0.2, 0.25) is 10.0 Å². The Labute approximate surface area is 166 Å². The minimum atomic E-state index is -3.22. The lowest BCUT2D eigenvalue weighted by molar-refractivity contribution is 0.107. The number of aliphatic imine (C=N–C) groups is 1. The van der Waals surface area contributed by atoms with E-state index in [1.807, 2.05) is 27.7 Å². The standard InChI is InChI=1S/C19H40N4O3S/c1-5-20-18(21-14-16-27(24,25)23(6-2)7-3)22-17-19(11-9-10-12-19)13-15-26-8-4/h5-17H2,1-4H3,(H2,20,21,22). The van der Waals surface area contributed by atoms with E-state index in [2.05, 4.69) is 10.6 Å². The van der Waals surface area contributed by atoms with Gasteiger partial charge in [-0.1, -0.05) is 26.7 Å². The Morgan fingerprint density at radius 3 is 2.33 bits per heavy atom. The van der Waals surface area contributed by atoms with Crippen molar-refractivity contribution in [1.29, 1.82) is 0 Å². The summed E-state index contributed by atoms with van der Waals surface area (Å²) in [4.78, 5) is 4.78. The molecule has 160 valence electrons. The molecule has 0 bridgehead atoms. The monoisotopic (exact) mass is 404 g/mol. The van der Waals surface area contributed by atoms with Crippen LogP contribution >= 0.6 is 0 Å². The van der Waals surface area contributed by atoms with Crippen LogP contribution in [0.5, 0.6) is 0 Å². The van der Waals surface area contributed by atoms with E-state index in [4.69, 9.17) is 9.73 Å². The van der Waals surface area contributed by atoms with Crippen molar-refractivity contribution in [1.82, 2.24) is 14.9 Å². The van der Waals surface area contributed by atoms with Gasteiger partial charge < -0.3 is 15.4 Å². The second-order valence-electron chi connectivity index (χ2n) is 7.18. The molecule has 1 saturated carbocycles.